The van der Waals surface area contributed by atoms with Crippen LogP contribution in [0.5, 0.6) is 5.75 Å². The molecule has 0 radical (unpaired) electrons. The average Bonchev–Trinajstić information content (AvgIpc) is 2.54. The van der Waals surface area contributed by atoms with Gasteiger partial charge < -0.3 is 15.4 Å². The van der Waals surface area contributed by atoms with Gasteiger partial charge in [0.1, 0.15) is 0 Å². The predicted octanol–water partition coefficient (Wildman–Crippen LogP) is 2.23. The predicted molar refractivity (Wildman–Crippen MR) is 89.2 cm³/mol. The number of piperidine rings is 1. The lowest BCUT2D eigenvalue weighted by Gasteiger charge is -2.32. The van der Waals surface area contributed by atoms with Crippen molar-refractivity contribution in [3.63, 3.8) is 0 Å². The van der Waals surface area contributed by atoms with E-state index < -0.39 is 4.92 Å². The normalized spacial score (nSPS) is 17.3. The molecule has 1 saturated heterocycles. The van der Waals surface area contributed by atoms with Crippen molar-refractivity contribution in [2.24, 2.45) is 11.7 Å². The van der Waals surface area contributed by atoms with Crippen molar-refractivity contribution < 1.29 is 14.5 Å². The van der Waals surface area contributed by atoms with Gasteiger partial charge in [-0.1, -0.05) is 0 Å². The zero-order valence-electron chi connectivity index (χ0n) is 13.1. The Balaban J connectivity index is 0.00000264. The highest BCUT2D eigenvalue weighted by molar-refractivity contribution is 5.95. The van der Waals surface area contributed by atoms with Crippen molar-refractivity contribution in [2.45, 2.75) is 19.3 Å². The maximum Gasteiger partial charge on any atom is 0.311 e. The van der Waals surface area contributed by atoms with Crippen LogP contribution in [0, 0.1) is 16.0 Å². The molecule has 1 aliphatic rings. The Hall–Kier alpha value is -1.86. The maximum atomic E-state index is 12.6. The van der Waals surface area contributed by atoms with Crippen LogP contribution in [0.1, 0.15) is 29.6 Å². The molecular weight excluding hydrogens is 322 g/mol. The molecule has 1 amide bonds. The number of carbonyl (C=O) groups excluding carboxylic acids is 1. The van der Waals surface area contributed by atoms with Crippen molar-refractivity contribution in [3.05, 3.63) is 33.9 Å². The monoisotopic (exact) mass is 343 g/mol. The number of amides is 1. The summed E-state index contributed by atoms with van der Waals surface area (Å²) in [6.45, 7) is 1.95. The number of halogens is 1. The summed E-state index contributed by atoms with van der Waals surface area (Å²) in [6, 6.07) is 4.32. The van der Waals surface area contributed by atoms with E-state index in [1.807, 2.05) is 0 Å². The number of nitrogens with two attached hydrogens (primary N) is 1. The van der Waals surface area contributed by atoms with E-state index in [-0.39, 0.29) is 29.8 Å². The number of methoxy groups -OCH3 is 1. The number of nitro benzene ring substituents is 1. The van der Waals surface area contributed by atoms with Crippen molar-refractivity contribution in [1.29, 1.82) is 0 Å². The molecule has 1 aliphatic heterocycles. The number of carbonyl (C=O) groups is 1. The minimum Gasteiger partial charge on any atom is -0.490 e. The van der Waals surface area contributed by atoms with E-state index in [0.717, 1.165) is 19.3 Å². The summed E-state index contributed by atoms with van der Waals surface area (Å²) in [7, 11) is 1.37. The topological polar surface area (TPSA) is 98.7 Å². The first kappa shape index (κ1) is 19.2. The molecule has 1 unspecified atom stereocenters. The third-order valence-electron chi connectivity index (χ3n) is 4.00. The maximum absolute atomic E-state index is 12.6. The summed E-state index contributed by atoms with van der Waals surface area (Å²) in [5.41, 5.74) is 5.71. The zero-order chi connectivity index (χ0) is 16.1. The smallest absolute Gasteiger partial charge is 0.311 e. The molecule has 1 heterocycles. The van der Waals surface area contributed by atoms with Crippen molar-refractivity contribution in [1.82, 2.24) is 4.90 Å². The molecule has 128 valence electrons. The molecule has 1 atom stereocenters. The van der Waals surface area contributed by atoms with Crippen molar-refractivity contribution >= 4 is 24.0 Å². The molecule has 1 aromatic carbocycles. The second-order valence-corrected chi connectivity index (χ2v) is 5.48. The fraction of sp³-hybridized carbons (Fsp3) is 0.533. The standard InChI is InChI=1S/C15H21N3O4.ClH/c1-22-14-5-4-12(9-13(14)18(20)21)15(19)17-8-2-3-11(10-17)6-7-16;/h4-5,9,11H,2-3,6-8,10,16H2,1H3;1H. The Morgan fingerprint density at radius 2 is 2.26 bits per heavy atom. The van der Waals surface area contributed by atoms with Crippen molar-refractivity contribution in [3.8, 4) is 5.75 Å². The van der Waals surface area contributed by atoms with Gasteiger partial charge in [-0.15, -0.1) is 12.4 Å². The molecule has 2 N–H and O–H groups in total. The van der Waals surface area contributed by atoms with Crippen LogP contribution in [0.15, 0.2) is 18.2 Å². The van der Waals surface area contributed by atoms with E-state index in [0.29, 0.717) is 31.1 Å². The minimum absolute atomic E-state index is 0. The van der Waals surface area contributed by atoms with Crippen LogP contribution in [0.25, 0.3) is 0 Å². The first-order chi connectivity index (χ1) is 10.6. The second kappa shape index (κ2) is 8.69. The first-order valence-electron chi connectivity index (χ1n) is 7.38. The van der Waals surface area contributed by atoms with Crippen LogP contribution < -0.4 is 10.5 Å². The van der Waals surface area contributed by atoms with Crippen LogP contribution in [0.2, 0.25) is 0 Å². The Morgan fingerprint density at radius 1 is 1.52 bits per heavy atom. The number of nitro groups is 1. The van der Waals surface area contributed by atoms with Gasteiger partial charge in [-0.25, -0.2) is 0 Å². The third kappa shape index (κ3) is 4.56. The molecule has 23 heavy (non-hydrogen) atoms. The van der Waals surface area contributed by atoms with Gasteiger partial charge >= 0.3 is 5.69 Å². The summed E-state index contributed by atoms with van der Waals surface area (Å²) in [4.78, 5) is 24.8. The van der Waals surface area contributed by atoms with Crippen LogP contribution in [0.3, 0.4) is 0 Å². The fourth-order valence-corrected chi connectivity index (χ4v) is 2.87. The summed E-state index contributed by atoms with van der Waals surface area (Å²) in [5, 5.41) is 11.1. The van der Waals surface area contributed by atoms with Gasteiger partial charge in [0.25, 0.3) is 5.91 Å². The molecule has 8 heteroatoms. The molecular formula is C15H22ClN3O4. The molecule has 0 aromatic heterocycles. The van der Waals surface area contributed by atoms with Crippen LogP contribution in [-0.4, -0.2) is 42.5 Å². The van der Waals surface area contributed by atoms with Crippen molar-refractivity contribution in [2.75, 3.05) is 26.7 Å². The molecule has 2 rings (SSSR count). The highest BCUT2D eigenvalue weighted by Gasteiger charge is 2.26. The number of nitrogens with zero attached hydrogens (tertiary/aromatic N) is 2. The molecule has 0 saturated carbocycles. The molecule has 0 bridgehead atoms. The minimum atomic E-state index is -0.539. The first-order valence-corrected chi connectivity index (χ1v) is 7.38. The number of likely N-dealkylation sites (tertiary alicyclic amines) is 1. The number of hydrogen-bond donors (Lipinski definition) is 1. The molecule has 7 nitrogen and oxygen atoms in total. The lowest BCUT2D eigenvalue weighted by molar-refractivity contribution is -0.385. The van der Waals surface area contributed by atoms with E-state index in [9.17, 15) is 14.9 Å². The number of benzene rings is 1. The van der Waals surface area contributed by atoms with E-state index in [4.69, 9.17) is 10.5 Å². The van der Waals surface area contributed by atoms with Gasteiger partial charge in [-0.2, -0.15) is 0 Å². The molecule has 1 fully saturated rings. The van der Waals surface area contributed by atoms with E-state index in [1.54, 1.807) is 11.0 Å². The van der Waals surface area contributed by atoms with Crippen LogP contribution in [0.4, 0.5) is 5.69 Å². The number of rotatable bonds is 5. The largest absolute Gasteiger partial charge is 0.490 e. The van der Waals surface area contributed by atoms with Gasteiger partial charge in [-0.3, -0.25) is 14.9 Å². The van der Waals surface area contributed by atoms with E-state index in [2.05, 4.69) is 0 Å². The average molecular weight is 344 g/mol. The molecule has 0 aliphatic carbocycles. The zero-order valence-corrected chi connectivity index (χ0v) is 13.9. The quantitative estimate of drug-likeness (QED) is 0.652. The summed E-state index contributed by atoms with van der Waals surface area (Å²) < 4.78 is 4.96. The van der Waals surface area contributed by atoms with E-state index >= 15 is 0 Å². The van der Waals surface area contributed by atoms with Gasteiger partial charge in [0.2, 0.25) is 0 Å². The SMILES string of the molecule is COc1ccc(C(=O)N2CCCC(CCN)C2)cc1[N+](=O)[O-].Cl. The number of hydrogen-bond acceptors (Lipinski definition) is 5. The summed E-state index contributed by atoms with van der Waals surface area (Å²) in [5.74, 6) is 0.393. The highest BCUT2D eigenvalue weighted by Crippen LogP contribution is 2.29. The van der Waals surface area contributed by atoms with Gasteiger partial charge in [0.15, 0.2) is 5.75 Å². The van der Waals surface area contributed by atoms with Gasteiger partial charge in [-0.05, 0) is 43.9 Å². The lowest BCUT2D eigenvalue weighted by atomic mass is 9.94. The summed E-state index contributed by atoms with van der Waals surface area (Å²) >= 11 is 0. The summed E-state index contributed by atoms with van der Waals surface area (Å²) in [6.07, 6.45) is 2.91. The number of ether oxygens (including phenoxy) is 1. The van der Waals surface area contributed by atoms with Crippen LogP contribution in [-0.2, 0) is 0 Å². The Kier molecular flexibility index (Phi) is 7.25. The van der Waals surface area contributed by atoms with Gasteiger partial charge in [0.05, 0.1) is 12.0 Å². The molecule has 1 aromatic rings. The van der Waals surface area contributed by atoms with Gasteiger partial charge in [0, 0.05) is 24.7 Å². The van der Waals surface area contributed by atoms with E-state index in [1.165, 1.54) is 19.2 Å². The Bertz CT molecular complexity index is 566. The van der Waals surface area contributed by atoms with Crippen LogP contribution >= 0.6 is 12.4 Å². The lowest BCUT2D eigenvalue weighted by Crippen LogP contribution is -2.40. The highest BCUT2D eigenvalue weighted by atomic mass is 35.5. The second-order valence-electron chi connectivity index (χ2n) is 5.48. The molecule has 0 spiro atoms. The Labute approximate surface area is 141 Å². The third-order valence-corrected chi connectivity index (χ3v) is 4.00. The fourth-order valence-electron chi connectivity index (χ4n) is 2.87. The Morgan fingerprint density at radius 3 is 2.87 bits per heavy atom.